The monoisotopic (exact) mass is 496 g/mol. The Bertz CT molecular complexity index is 1920. The van der Waals surface area contributed by atoms with Crippen molar-refractivity contribution in [3.05, 3.63) is 57.3 Å². The number of allylic oxidation sites excluding steroid dienone is 2. The van der Waals surface area contributed by atoms with Gasteiger partial charge in [0.05, 0.1) is 21.1 Å². The molecule has 2 aliphatic rings. The Morgan fingerprint density at radius 2 is 1.03 bits per heavy atom. The van der Waals surface area contributed by atoms with Crippen LogP contribution in [0.15, 0.2) is 36.2 Å². The minimum atomic E-state index is -0.0917. The molecule has 0 radical (unpaired) electrons. The van der Waals surface area contributed by atoms with Crippen molar-refractivity contribution >= 4 is 54.3 Å². The smallest absolute Gasteiger partial charge is 0.140 e. The Hall–Kier alpha value is -5.40. The molecule has 0 fully saturated rings. The second kappa shape index (κ2) is 7.05. The number of hydrogen-bond donors (Lipinski definition) is 0. The van der Waals surface area contributed by atoms with E-state index in [0.29, 0.717) is 64.5 Å². The van der Waals surface area contributed by atoms with Crippen LogP contribution in [-0.4, -0.2) is 29.9 Å². The van der Waals surface area contributed by atoms with Crippen molar-refractivity contribution in [3.63, 3.8) is 0 Å². The van der Waals surface area contributed by atoms with E-state index in [1.165, 1.54) is 35.3 Å². The Morgan fingerprint density at radius 3 is 1.42 bits per heavy atom. The minimum absolute atomic E-state index is 0.0917. The Morgan fingerprint density at radius 1 is 0.611 bits per heavy atom. The summed E-state index contributed by atoms with van der Waals surface area (Å²) in [6, 6.07) is 7.94. The quantitative estimate of drug-likeness (QED) is 0.278. The van der Waals surface area contributed by atoms with Crippen LogP contribution in [0.2, 0.25) is 0 Å². The van der Waals surface area contributed by atoms with Gasteiger partial charge in [-0.3, -0.25) is 0 Å². The SMILES string of the molecule is N#CC(C#N)=C1c2nc3c(nc2-c2c1sc1ncncc21)C(=C(C#N)C#N)c1sc2ncncc2c1-3. The third-order valence-corrected chi connectivity index (χ3v) is 8.25. The molecule has 0 saturated carbocycles. The molecule has 36 heavy (non-hydrogen) atoms. The van der Waals surface area contributed by atoms with Crippen molar-refractivity contribution < 1.29 is 0 Å². The summed E-state index contributed by atoms with van der Waals surface area (Å²) < 4.78 is 0. The van der Waals surface area contributed by atoms with E-state index in [2.05, 4.69) is 19.9 Å². The van der Waals surface area contributed by atoms with Crippen LogP contribution >= 0.6 is 22.7 Å². The third-order valence-electron chi connectivity index (χ3n) is 5.99. The summed E-state index contributed by atoms with van der Waals surface area (Å²) in [5.41, 5.74) is 3.62. The van der Waals surface area contributed by atoms with Crippen LogP contribution in [0.1, 0.15) is 21.1 Å². The van der Waals surface area contributed by atoms with E-state index in [-0.39, 0.29) is 11.1 Å². The summed E-state index contributed by atoms with van der Waals surface area (Å²) in [6.07, 6.45) is 6.18. The first-order valence-corrected chi connectivity index (χ1v) is 11.8. The van der Waals surface area contributed by atoms with E-state index < -0.39 is 0 Å². The van der Waals surface area contributed by atoms with Crippen LogP contribution < -0.4 is 0 Å². The highest BCUT2D eigenvalue weighted by atomic mass is 32.1. The number of rotatable bonds is 0. The Balaban J connectivity index is 1.67. The summed E-state index contributed by atoms with van der Waals surface area (Å²) in [5, 5.41) is 40.5. The van der Waals surface area contributed by atoms with E-state index in [1.807, 2.05) is 24.3 Å². The largest absolute Gasteiger partial charge is 0.244 e. The van der Waals surface area contributed by atoms with Crippen LogP contribution in [-0.2, 0) is 0 Å². The fraction of sp³-hybridized carbons (Fsp3) is 0. The zero-order valence-corrected chi connectivity index (χ0v) is 19.2. The molecule has 0 N–H and O–H groups in total. The number of thiophene rings is 2. The second-order valence-corrected chi connectivity index (χ2v) is 9.66. The van der Waals surface area contributed by atoms with Crippen molar-refractivity contribution in [2.75, 3.05) is 0 Å². The van der Waals surface area contributed by atoms with Gasteiger partial charge in [0, 0.05) is 45.4 Å². The molecular formula is C24H4N10S2. The van der Waals surface area contributed by atoms with Gasteiger partial charge in [0.2, 0.25) is 0 Å². The van der Waals surface area contributed by atoms with Gasteiger partial charge in [0.15, 0.2) is 0 Å². The average Bonchev–Trinajstić information content (AvgIpc) is 3.62. The van der Waals surface area contributed by atoms with Crippen molar-refractivity contribution in [1.29, 1.82) is 21.0 Å². The summed E-state index contributed by atoms with van der Waals surface area (Å²) in [5.74, 6) is 0. The van der Waals surface area contributed by atoms with Gasteiger partial charge in [-0.2, -0.15) is 21.0 Å². The molecular weight excluding hydrogens is 492 g/mol. The molecule has 0 aromatic carbocycles. The van der Waals surface area contributed by atoms with Gasteiger partial charge in [-0.15, -0.1) is 22.7 Å². The highest BCUT2D eigenvalue weighted by Gasteiger charge is 2.40. The first kappa shape index (κ1) is 20.0. The zero-order chi connectivity index (χ0) is 24.6. The lowest BCUT2D eigenvalue weighted by molar-refractivity contribution is 1.18. The van der Waals surface area contributed by atoms with E-state index in [1.54, 1.807) is 12.4 Å². The molecule has 0 bridgehead atoms. The average molecular weight is 497 g/mol. The summed E-state index contributed by atoms with van der Waals surface area (Å²) in [4.78, 5) is 29.5. The van der Waals surface area contributed by atoms with Crippen LogP contribution in [0.3, 0.4) is 0 Å². The van der Waals surface area contributed by atoms with Gasteiger partial charge >= 0.3 is 0 Å². The van der Waals surface area contributed by atoms with E-state index in [0.717, 1.165) is 10.8 Å². The molecule has 12 heteroatoms. The standard InChI is InChI=1S/C24H4N10S2/c25-1-9(2-26)13-17-19(15-11-5-29-7-31-23(11)35-21(13)15)34-18-14(10(3-27)4-28)22-16(20(18)33-17)12-6-30-8-32-24(12)36-22/h5-8H. The molecule has 5 aromatic heterocycles. The number of nitriles is 4. The van der Waals surface area contributed by atoms with Crippen LogP contribution in [0, 0.1) is 45.3 Å². The van der Waals surface area contributed by atoms with Gasteiger partial charge in [0.1, 0.15) is 69.1 Å². The first-order valence-electron chi connectivity index (χ1n) is 10.2. The highest BCUT2D eigenvalue weighted by Crippen LogP contribution is 2.56. The lowest BCUT2D eigenvalue weighted by Gasteiger charge is -2.07. The minimum Gasteiger partial charge on any atom is -0.244 e. The van der Waals surface area contributed by atoms with Gasteiger partial charge in [-0.05, 0) is 0 Å². The van der Waals surface area contributed by atoms with Crippen molar-refractivity contribution in [1.82, 2.24) is 29.9 Å². The molecule has 0 aliphatic heterocycles. The number of aromatic nitrogens is 6. The van der Waals surface area contributed by atoms with Crippen LogP contribution in [0.4, 0.5) is 0 Å². The number of fused-ring (bicyclic) bond motifs is 10. The zero-order valence-electron chi connectivity index (χ0n) is 17.6. The van der Waals surface area contributed by atoms with Crippen molar-refractivity contribution in [3.8, 4) is 46.8 Å². The summed E-state index contributed by atoms with van der Waals surface area (Å²) in [7, 11) is 0. The Labute approximate surface area is 209 Å². The normalized spacial score (nSPS) is 12.2. The first-order chi connectivity index (χ1) is 17.7. The van der Waals surface area contributed by atoms with E-state index >= 15 is 0 Å². The Kier molecular flexibility index (Phi) is 3.92. The second-order valence-electron chi connectivity index (χ2n) is 7.66. The molecule has 5 heterocycles. The van der Waals surface area contributed by atoms with Crippen molar-refractivity contribution in [2.24, 2.45) is 0 Å². The topological polar surface area (TPSA) is 172 Å². The highest BCUT2D eigenvalue weighted by molar-refractivity contribution is 7.21. The molecule has 0 amide bonds. The van der Waals surface area contributed by atoms with E-state index in [9.17, 15) is 21.0 Å². The maximum atomic E-state index is 9.75. The fourth-order valence-corrected chi connectivity index (χ4v) is 6.92. The third kappa shape index (κ3) is 2.33. The molecule has 0 unspecified atom stereocenters. The predicted octanol–water partition coefficient (Wildman–Crippen LogP) is 4.14. The van der Waals surface area contributed by atoms with Gasteiger partial charge in [-0.25, -0.2) is 29.9 Å². The number of nitrogens with zero attached hydrogens (tertiary/aromatic N) is 10. The molecule has 0 saturated heterocycles. The predicted molar refractivity (Wildman–Crippen MR) is 129 cm³/mol. The molecule has 7 rings (SSSR count). The van der Waals surface area contributed by atoms with Crippen LogP contribution in [0.5, 0.6) is 0 Å². The maximum Gasteiger partial charge on any atom is 0.140 e. The summed E-state index contributed by atoms with van der Waals surface area (Å²) >= 11 is 2.66. The molecule has 0 spiro atoms. The van der Waals surface area contributed by atoms with E-state index in [4.69, 9.17) is 9.97 Å². The van der Waals surface area contributed by atoms with Gasteiger partial charge < -0.3 is 0 Å². The molecule has 162 valence electrons. The molecule has 5 aromatic rings. The lowest BCUT2D eigenvalue weighted by atomic mass is 10.1. The van der Waals surface area contributed by atoms with Gasteiger partial charge in [-0.1, -0.05) is 0 Å². The lowest BCUT2D eigenvalue weighted by Crippen LogP contribution is -1.99. The summed E-state index contributed by atoms with van der Waals surface area (Å²) in [6.45, 7) is 0. The molecule has 2 aliphatic carbocycles. The maximum absolute atomic E-state index is 9.75. The van der Waals surface area contributed by atoms with Crippen LogP contribution in [0.25, 0.3) is 54.1 Å². The van der Waals surface area contributed by atoms with Crippen molar-refractivity contribution in [2.45, 2.75) is 0 Å². The molecule has 0 atom stereocenters. The number of hydrogen-bond acceptors (Lipinski definition) is 12. The van der Waals surface area contributed by atoms with Gasteiger partial charge in [0.25, 0.3) is 0 Å². The fourth-order valence-electron chi connectivity index (χ4n) is 4.59. The molecule has 10 nitrogen and oxygen atoms in total.